The number of nitrogens with zero attached hydrogens (tertiary/aromatic N) is 2. The van der Waals surface area contributed by atoms with Crippen molar-refractivity contribution in [3.05, 3.63) is 40.7 Å². The normalized spacial score (nSPS) is 9.58. The number of aryl methyl sites for hydroxylation is 1. The van der Waals surface area contributed by atoms with Gasteiger partial charge in [-0.05, 0) is 19.1 Å². The van der Waals surface area contributed by atoms with Crippen LogP contribution in [0.25, 0.3) is 0 Å². The molecule has 0 atom stereocenters. The number of pyridine rings is 1. The molecule has 2 heterocycles. The van der Waals surface area contributed by atoms with E-state index >= 15 is 0 Å². The molecule has 5 nitrogen and oxygen atoms in total. The molecule has 2 aromatic rings. The molecular formula is C13H12N4OS. The van der Waals surface area contributed by atoms with E-state index in [4.69, 9.17) is 5.73 Å². The van der Waals surface area contributed by atoms with Gasteiger partial charge in [-0.1, -0.05) is 11.8 Å². The van der Waals surface area contributed by atoms with E-state index in [1.807, 2.05) is 6.92 Å². The lowest BCUT2D eigenvalue weighted by molar-refractivity contribution is 0.102. The lowest BCUT2D eigenvalue weighted by Gasteiger charge is -2.02. The highest BCUT2D eigenvalue weighted by Crippen LogP contribution is 2.17. The molecule has 0 aliphatic carbocycles. The molecule has 0 saturated carbocycles. The van der Waals surface area contributed by atoms with E-state index in [0.29, 0.717) is 10.7 Å². The molecule has 0 bridgehead atoms. The van der Waals surface area contributed by atoms with Crippen LogP contribution in [0.5, 0.6) is 0 Å². The standard InChI is InChI=1S/C13H12N4OS/c1-9-8-16-13(19-9)17-12(18)11-10(4-2-6-14)5-3-7-15-11/h3,5,7-8H,6,14H2,1H3,(H,16,17,18). The largest absolute Gasteiger partial charge is 0.320 e. The third-order valence-electron chi connectivity index (χ3n) is 2.19. The number of hydrogen-bond donors (Lipinski definition) is 2. The molecule has 0 saturated heterocycles. The number of carbonyl (C=O) groups is 1. The number of amides is 1. The van der Waals surface area contributed by atoms with Crippen molar-refractivity contribution >= 4 is 22.4 Å². The second-order valence-electron chi connectivity index (χ2n) is 3.64. The van der Waals surface area contributed by atoms with Crippen molar-refractivity contribution in [3.8, 4) is 11.8 Å². The van der Waals surface area contributed by atoms with E-state index in [-0.39, 0.29) is 18.1 Å². The molecule has 0 spiro atoms. The summed E-state index contributed by atoms with van der Waals surface area (Å²) in [4.78, 5) is 21.3. The maximum absolute atomic E-state index is 12.1. The molecule has 6 heteroatoms. The van der Waals surface area contributed by atoms with Gasteiger partial charge in [-0.3, -0.25) is 10.1 Å². The van der Waals surface area contributed by atoms with E-state index < -0.39 is 0 Å². The molecule has 0 radical (unpaired) electrons. The number of rotatable bonds is 2. The predicted molar refractivity (Wildman–Crippen MR) is 75.0 cm³/mol. The van der Waals surface area contributed by atoms with Crippen molar-refractivity contribution in [2.24, 2.45) is 5.73 Å². The van der Waals surface area contributed by atoms with Gasteiger partial charge in [0.05, 0.1) is 12.1 Å². The Balaban J connectivity index is 2.23. The van der Waals surface area contributed by atoms with Crippen molar-refractivity contribution in [1.82, 2.24) is 9.97 Å². The summed E-state index contributed by atoms with van der Waals surface area (Å²) in [6.07, 6.45) is 3.25. The van der Waals surface area contributed by atoms with E-state index in [9.17, 15) is 4.79 Å². The Labute approximate surface area is 114 Å². The van der Waals surface area contributed by atoms with Crippen LogP contribution in [0.3, 0.4) is 0 Å². The molecule has 3 N–H and O–H groups in total. The zero-order chi connectivity index (χ0) is 13.7. The first-order valence-corrected chi connectivity index (χ1v) is 6.40. The first-order valence-electron chi connectivity index (χ1n) is 5.58. The molecule has 0 unspecified atom stereocenters. The fourth-order valence-electron chi connectivity index (χ4n) is 1.40. The summed E-state index contributed by atoms with van der Waals surface area (Å²) in [7, 11) is 0. The van der Waals surface area contributed by atoms with Crippen molar-refractivity contribution in [1.29, 1.82) is 0 Å². The molecule has 96 valence electrons. The summed E-state index contributed by atoms with van der Waals surface area (Å²) in [6.45, 7) is 2.16. The minimum absolute atomic E-state index is 0.238. The lowest BCUT2D eigenvalue weighted by Crippen LogP contribution is -2.15. The van der Waals surface area contributed by atoms with Gasteiger partial charge in [0.1, 0.15) is 5.69 Å². The zero-order valence-corrected chi connectivity index (χ0v) is 11.1. The first-order chi connectivity index (χ1) is 9.20. The van der Waals surface area contributed by atoms with Gasteiger partial charge < -0.3 is 5.73 Å². The summed E-state index contributed by atoms with van der Waals surface area (Å²) in [5, 5.41) is 3.25. The Morgan fingerprint density at radius 1 is 1.53 bits per heavy atom. The minimum atomic E-state index is -0.323. The molecule has 19 heavy (non-hydrogen) atoms. The average molecular weight is 272 g/mol. The van der Waals surface area contributed by atoms with Crippen molar-refractivity contribution in [2.45, 2.75) is 6.92 Å². The van der Waals surface area contributed by atoms with Crippen LogP contribution in [0.1, 0.15) is 20.9 Å². The second-order valence-corrected chi connectivity index (χ2v) is 4.87. The Morgan fingerprint density at radius 3 is 3.05 bits per heavy atom. The molecule has 0 aliphatic heterocycles. The monoisotopic (exact) mass is 272 g/mol. The van der Waals surface area contributed by atoms with Crippen molar-refractivity contribution < 1.29 is 4.79 Å². The first kappa shape index (κ1) is 13.2. The molecule has 0 aromatic carbocycles. The Kier molecular flexibility index (Phi) is 4.23. The third kappa shape index (κ3) is 3.37. The van der Waals surface area contributed by atoms with Gasteiger partial charge in [-0.25, -0.2) is 9.97 Å². The highest BCUT2D eigenvalue weighted by molar-refractivity contribution is 7.15. The second kappa shape index (κ2) is 6.09. The maximum Gasteiger partial charge on any atom is 0.277 e. The summed E-state index contributed by atoms with van der Waals surface area (Å²) in [6, 6.07) is 3.46. The van der Waals surface area contributed by atoms with E-state index in [2.05, 4.69) is 27.1 Å². The smallest absolute Gasteiger partial charge is 0.277 e. The number of anilines is 1. The van der Waals surface area contributed by atoms with Crippen LogP contribution in [-0.4, -0.2) is 22.4 Å². The minimum Gasteiger partial charge on any atom is -0.320 e. The fourth-order valence-corrected chi connectivity index (χ4v) is 2.06. The van der Waals surface area contributed by atoms with E-state index in [1.165, 1.54) is 11.3 Å². The number of hydrogen-bond acceptors (Lipinski definition) is 5. The number of nitrogens with two attached hydrogens (primary N) is 1. The number of thiazole rings is 1. The Hall–Kier alpha value is -2.23. The highest BCUT2D eigenvalue weighted by Gasteiger charge is 2.13. The van der Waals surface area contributed by atoms with Crippen LogP contribution in [0.15, 0.2) is 24.5 Å². The van der Waals surface area contributed by atoms with Crippen molar-refractivity contribution in [3.63, 3.8) is 0 Å². The van der Waals surface area contributed by atoms with Gasteiger partial charge in [-0.15, -0.1) is 11.3 Å². The van der Waals surface area contributed by atoms with Gasteiger partial charge >= 0.3 is 0 Å². The summed E-state index contributed by atoms with van der Waals surface area (Å²) in [5.41, 5.74) is 6.15. The third-order valence-corrected chi connectivity index (χ3v) is 3.02. The van der Waals surface area contributed by atoms with Crippen LogP contribution < -0.4 is 11.1 Å². The van der Waals surface area contributed by atoms with Crippen LogP contribution in [0.2, 0.25) is 0 Å². The van der Waals surface area contributed by atoms with Gasteiger partial charge in [0.2, 0.25) is 0 Å². The number of nitrogens with one attached hydrogen (secondary N) is 1. The summed E-state index contributed by atoms with van der Waals surface area (Å²) < 4.78 is 0. The average Bonchev–Trinajstić information content (AvgIpc) is 2.82. The molecule has 0 aliphatic rings. The van der Waals surface area contributed by atoms with E-state index in [1.54, 1.807) is 24.5 Å². The number of aromatic nitrogens is 2. The Morgan fingerprint density at radius 2 is 2.37 bits per heavy atom. The van der Waals surface area contributed by atoms with Crippen molar-refractivity contribution in [2.75, 3.05) is 11.9 Å². The topological polar surface area (TPSA) is 80.9 Å². The SMILES string of the molecule is Cc1cnc(NC(=O)c2ncccc2C#CCN)s1. The number of carbonyl (C=O) groups excluding carboxylic acids is 1. The molecular weight excluding hydrogens is 260 g/mol. The van der Waals surface area contributed by atoms with Crippen LogP contribution in [-0.2, 0) is 0 Å². The van der Waals surface area contributed by atoms with Gasteiger partial charge in [0, 0.05) is 17.3 Å². The Bertz CT molecular complexity index is 654. The lowest BCUT2D eigenvalue weighted by atomic mass is 10.2. The van der Waals surface area contributed by atoms with Gasteiger partial charge in [-0.2, -0.15) is 0 Å². The predicted octanol–water partition coefficient (Wildman–Crippen LogP) is 1.41. The molecule has 0 fully saturated rings. The van der Waals surface area contributed by atoms with Crippen LogP contribution >= 0.6 is 11.3 Å². The van der Waals surface area contributed by atoms with Crippen LogP contribution in [0, 0.1) is 18.8 Å². The quantitative estimate of drug-likeness (QED) is 0.810. The van der Waals surface area contributed by atoms with Crippen LogP contribution in [0.4, 0.5) is 5.13 Å². The summed E-state index contributed by atoms with van der Waals surface area (Å²) in [5.74, 6) is 5.22. The fraction of sp³-hybridized carbons (Fsp3) is 0.154. The molecule has 2 aromatic heterocycles. The van der Waals surface area contributed by atoms with E-state index in [0.717, 1.165) is 4.88 Å². The van der Waals surface area contributed by atoms with Gasteiger partial charge in [0.25, 0.3) is 5.91 Å². The summed E-state index contributed by atoms with van der Waals surface area (Å²) >= 11 is 1.41. The maximum atomic E-state index is 12.1. The molecule has 1 amide bonds. The zero-order valence-electron chi connectivity index (χ0n) is 10.3. The van der Waals surface area contributed by atoms with Gasteiger partial charge in [0.15, 0.2) is 5.13 Å². The highest BCUT2D eigenvalue weighted by atomic mass is 32.1. The molecule has 2 rings (SSSR count).